The van der Waals surface area contributed by atoms with Crippen LogP contribution >= 0.6 is 0 Å². The van der Waals surface area contributed by atoms with Crippen LogP contribution in [0.3, 0.4) is 0 Å². The molecule has 3 aromatic rings. The number of aryl methyl sites for hydroxylation is 1. The molecule has 2 aromatic heterocycles. The van der Waals surface area contributed by atoms with E-state index in [0.29, 0.717) is 24.6 Å². The lowest BCUT2D eigenvalue weighted by Gasteiger charge is -2.32. The second-order valence-electron chi connectivity index (χ2n) is 8.03. The number of halogens is 2. The maximum Gasteiger partial charge on any atom is 0.409 e. The summed E-state index contributed by atoms with van der Waals surface area (Å²) >= 11 is 0. The molecule has 3 heterocycles. The van der Waals surface area contributed by atoms with Crippen molar-refractivity contribution >= 4 is 23.5 Å². The van der Waals surface area contributed by atoms with Gasteiger partial charge in [-0.05, 0) is 49.6 Å². The number of anilines is 1. The van der Waals surface area contributed by atoms with Crippen LogP contribution in [0.15, 0.2) is 30.5 Å². The Morgan fingerprint density at radius 1 is 1.21 bits per heavy atom. The van der Waals surface area contributed by atoms with Gasteiger partial charge in [0.15, 0.2) is 0 Å². The van der Waals surface area contributed by atoms with Gasteiger partial charge in [-0.1, -0.05) is 0 Å². The SMILES string of the molecule is CNC(=O)c1cc(F)c(-c2nc3cc(C)ccn3c2N[C@@H]2CCCN(C(=O)OC)C2)c(F)c1. The zero-order valence-electron chi connectivity index (χ0n) is 18.6. The highest BCUT2D eigenvalue weighted by Gasteiger charge is 2.28. The van der Waals surface area contributed by atoms with E-state index in [0.717, 1.165) is 30.5 Å². The molecule has 1 aliphatic rings. The van der Waals surface area contributed by atoms with Crippen molar-refractivity contribution in [3.8, 4) is 11.3 Å². The van der Waals surface area contributed by atoms with E-state index >= 15 is 8.78 Å². The maximum atomic E-state index is 15.1. The molecular formula is C23H25F2N5O3. The highest BCUT2D eigenvalue weighted by Crippen LogP contribution is 2.34. The van der Waals surface area contributed by atoms with E-state index in [4.69, 9.17) is 4.74 Å². The Morgan fingerprint density at radius 3 is 2.61 bits per heavy atom. The Labute approximate surface area is 189 Å². The minimum atomic E-state index is -0.892. The van der Waals surface area contributed by atoms with Gasteiger partial charge in [-0.15, -0.1) is 0 Å². The van der Waals surface area contributed by atoms with Gasteiger partial charge in [-0.25, -0.2) is 18.6 Å². The van der Waals surface area contributed by atoms with Crippen LogP contribution in [0.5, 0.6) is 0 Å². The first-order valence-electron chi connectivity index (χ1n) is 10.6. The molecule has 1 saturated heterocycles. The molecular weight excluding hydrogens is 432 g/mol. The zero-order chi connectivity index (χ0) is 23.7. The summed E-state index contributed by atoms with van der Waals surface area (Å²) in [5.74, 6) is -1.96. The number of nitrogens with one attached hydrogen (secondary N) is 2. The number of methoxy groups -OCH3 is 1. The van der Waals surface area contributed by atoms with Crippen molar-refractivity contribution in [3.05, 3.63) is 53.2 Å². The number of rotatable bonds is 4. The van der Waals surface area contributed by atoms with Gasteiger partial charge in [0.25, 0.3) is 5.91 Å². The number of hydrogen-bond donors (Lipinski definition) is 2. The van der Waals surface area contributed by atoms with Gasteiger partial charge in [0.1, 0.15) is 28.8 Å². The molecule has 8 nitrogen and oxygen atoms in total. The second kappa shape index (κ2) is 9.05. The molecule has 1 aromatic carbocycles. The quantitative estimate of drug-likeness (QED) is 0.625. The van der Waals surface area contributed by atoms with Crippen LogP contribution in [0.25, 0.3) is 16.9 Å². The van der Waals surface area contributed by atoms with Crippen LogP contribution < -0.4 is 10.6 Å². The van der Waals surface area contributed by atoms with Crippen molar-refractivity contribution in [2.45, 2.75) is 25.8 Å². The number of imidazole rings is 1. The lowest BCUT2D eigenvalue weighted by atomic mass is 10.0. The number of fused-ring (bicyclic) bond motifs is 1. The minimum absolute atomic E-state index is 0.0919. The van der Waals surface area contributed by atoms with Gasteiger partial charge in [-0.3, -0.25) is 9.20 Å². The first-order chi connectivity index (χ1) is 15.8. The first-order valence-corrected chi connectivity index (χ1v) is 10.6. The molecule has 0 saturated carbocycles. The number of ether oxygens (including phenoxy) is 1. The number of amides is 2. The summed E-state index contributed by atoms with van der Waals surface area (Å²) in [6, 6.07) is 5.50. The Kier molecular flexibility index (Phi) is 6.17. The highest BCUT2D eigenvalue weighted by molar-refractivity contribution is 5.95. The fourth-order valence-electron chi connectivity index (χ4n) is 4.12. The van der Waals surface area contributed by atoms with E-state index in [1.165, 1.54) is 14.2 Å². The first kappa shape index (κ1) is 22.5. The largest absolute Gasteiger partial charge is 0.453 e. The van der Waals surface area contributed by atoms with Gasteiger partial charge >= 0.3 is 6.09 Å². The van der Waals surface area contributed by atoms with E-state index in [-0.39, 0.29) is 22.9 Å². The number of carbonyl (C=O) groups excluding carboxylic acids is 2. The molecule has 2 N–H and O–H groups in total. The highest BCUT2D eigenvalue weighted by atomic mass is 19.1. The number of piperidine rings is 1. The number of aromatic nitrogens is 2. The smallest absolute Gasteiger partial charge is 0.409 e. The molecule has 0 radical (unpaired) electrons. The third-order valence-electron chi connectivity index (χ3n) is 5.74. The molecule has 1 aliphatic heterocycles. The number of pyridine rings is 1. The summed E-state index contributed by atoms with van der Waals surface area (Å²) in [6.45, 7) is 2.86. The summed E-state index contributed by atoms with van der Waals surface area (Å²) < 4.78 is 36.8. The average molecular weight is 457 g/mol. The van der Waals surface area contributed by atoms with Crippen LogP contribution in [0, 0.1) is 18.6 Å². The topological polar surface area (TPSA) is 88.0 Å². The maximum absolute atomic E-state index is 15.1. The average Bonchev–Trinajstić information content (AvgIpc) is 3.14. The Bertz CT molecular complexity index is 1200. The number of carbonyl (C=O) groups is 2. The van der Waals surface area contributed by atoms with E-state index in [1.807, 2.05) is 19.1 Å². The van der Waals surface area contributed by atoms with Crippen LogP contribution in [-0.4, -0.2) is 59.6 Å². The molecule has 2 amide bonds. The molecule has 0 aliphatic carbocycles. The van der Waals surface area contributed by atoms with E-state index in [1.54, 1.807) is 15.5 Å². The molecule has 1 atom stereocenters. The molecule has 0 unspecified atom stereocenters. The van der Waals surface area contributed by atoms with Crippen LogP contribution in [0.4, 0.5) is 19.4 Å². The van der Waals surface area contributed by atoms with Crippen molar-refractivity contribution in [2.24, 2.45) is 0 Å². The third-order valence-corrected chi connectivity index (χ3v) is 5.74. The van der Waals surface area contributed by atoms with E-state index in [2.05, 4.69) is 15.6 Å². The number of nitrogens with zero attached hydrogens (tertiary/aromatic N) is 3. The summed E-state index contributed by atoms with van der Waals surface area (Å²) in [6.07, 6.45) is 2.87. The number of benzene rings is 1. The molecule has 4 rings (SSSR count). The predicted molar refractivity (Wildman–Crippen MR) is 119 cm³/mol. The predicted octanol–water partition coefficient (Wildman–Crippen LogP) is 3.59. The van der Waals surface area contributed by atoms with Crippen molar-refractivity contribution in [3.63, 3.8) is 0 Å². The normalized spacial score (nSPS) is 16.0. The van der Waals surface area contributed by atoms with Crippen molar-refractivity contribution in [1.29, 1.82) is 0 Å². The third kappa shape index (κ3) is 4.33. The molecule has 0 spiro atoms. The van der Waals surface area contributed by atoms with Crippen molar-refractivity contribution < 1.29 is 23.1 Å². The van der Waals surface area contributed by atoms with Crippen LogP contribution in [0.2, 0.25) is 0 Å². The summed E-state index contributed by atoms with van der Waals surface area (Å²) in [4.78, 5) is 29.9. The van der Waals surface area contributed by atoms with Gasteiger partial charge in [0.2, 0.25) is 0 Å². The fourth-order valence-corrected chi connectivity index (χ4v) is 4.12. The summed E-state index contributed by atoms with van der Waals surface area (Å²) in [5.41, 5.74) is 1.10. The number of likely N-dealkylation sites (tertiary alicyclic amines) is 1. The summed E-state index contributed by atoms with van der Waals surface area (Å²) in [5, 5.41) is 5.70. The van der Waals surface area contributed by atoms with E-state index in [9.17, 15) is 9.59 Å². The van der Waals surface area contributed by atoms with Crippen LogP contribution in [0.1, 0.15) is 28.8 Å². The van der Waals surface area contributed by atoms with Gasteiger partial charge in [0, 0.05) is 37.9 Å². The number of hydrogen-bond acceptors (Lipinski definition) is 5. The lowest BCUT2D eigenvalue weighted by molar-refractivity contribution is 0.0962. The zero-order valence-corrected chi connectivity index (χ0v) is 18.6. The molecule has 1 fully saturated rings. The minimum Gasteiger partial charge on any atom is -0.453 e. The molecule has 174 valence electrons. The molecule has 0 bridgehead atoms. The van der Waals surface area contributed by atoms with Crippen LogP contribution in [-0.2, 0) is 4.74 Å². The second-order valence-corrected chi connectivity index (χ2v) is 8.03. The van der Waals surface area contributed by atoms with Gasteiger partial charge in [0.05, 0.1) is 12.7 Å². The van der Waals surface area contributed by atoms with Gasteiger partial charge in [-0.2, -0.15) is 0 Å². The lowest BCUT2D eigenvalue weighted by Crippen LogP contribution is -2.45. The summed E-state index contributed by atoms with van der Waals surface area (Å²) in [7, 11) is 2.72. The Balaban J connectivity index is 1.79. The fraction of sp³-hybridized carbons (Fsp3) is 0.348. The van der Waals surface area contributed by atoms with Gasteiger partial charge < -0.3 is 20.3 Å². The Hall–Kier alpha value is -3.69. The monoisotopic (exact) mass is 457 g/mol. The van der Waals surface area contributed by atoms with Crippen molar-refractivity contribution in [2.75, 3.05) is 32.6 Å². The van der Waals surface area contributed by atoms with E-state index < -0.39 is 23.6 Å². The van der Waals surface area contributed by atoms with Crippen molar-refractivity contribution in [1.82, 2.24) is 19.6 Å². The standard InChI is InChI=1S/C23H25F2N5O3/c1-13-6-8-30-18(9-13)28-20(19-16(24)10-14(11-17(19)25)22(31)26-2)21(30)27-15-5-4-7-29(12-15)23(32)33-3/h6,8-11,15,27H,4-5,7,12H2,1-3H3,(H,26,31)/t15-/m1/s1. The molecule has 33 heavy (non-hydrogen) atoms. The Morgan fingerprint density at radius 2 is 1.94 bits per heavy atom. The molecule has 10 heteroatoms.